The molecule has 0 aliphatic carbocycles. The molecular weight excluding hydrogens is 311 g/mol. The summed E-state index contributed by atoms with van der Waals surface area (Å²) in [5.41, 5.74) is -0.438. The fourth-order valence-electron chi connectivity index (χ4n) is 1.72. The molecule has 0 bridgehead atoms. The molecular formula is C13H9ClF3NO3. The predicted molar refractivity (Wildman–Crippen MR) is 69.4 cm³/mol. The second kappa shape index (κ2) is 5.69. The van der Waals surface area contributed by atoms with Crippen molar-refractivity contribution in [3.8, 4) is 0 Å². The third-order valence-corrected chi connectivity index (χ3v) is 2.87. The standard InChI is InChI=1S/C13H9ClF3NO3/c14-9-3-8(13(15,16)17)4-10(5-9)18-6-7-1-2-21-11(7)12(19)20/h1-5,18H,6H2,(H,19,20). The summed E-state index contributed by atoms with van der Waals surface area (Å²) in [6, 6.07) is 4.45. The normalized spacial score (nSPS) is 11.4. The van der Waals surface area contributed by atoms with E-state index in [4.69, 9.17) is 21.1 Å². The maximum absolute atomic E-state index is 12.7. The Hall–Kier alpha value is -2.15. The molecule has 4 nitrogen and oxygen atoms in total. The van der Waals surface area contributed by atoms with Gasteiger partial charge in [-0.1, -0.05) is 11.6 Å². The molecule has 0 fully saturated rings. The monoisotopic (exact) mass is 319 g/mol. The van der Waals surface area contributed by atoms with Gasteiger partial charge in [0.05, 0.1) is 11.8 Å². The van der Waals surface area contributed by atoms with Gasteiger partial charge >= 0.3 is 12.1 Å². The van der Waals surface area contributed by atoms with Crippen LogP contribution in [0, 0.1) is 0 Å². The second-order valence-corrected chi connectivity index (χ2v) is 4.60. The molecule has 0 aliphatic rings. The van der Waals surface area contributed by atoms with Crippen LogP contribution in [0.1, 0.15) is 21.7 Å². The molecule has 1 aromatic heterocycles. The summed E-state index contributed by atoms with van der Waals surface area (Å²) >= 11 is 5.65. The van der Waals surface area contributed by atoms with E-state index in [-0.39, 0.29) is 23.0 Å². The van der Waals surface area contributed by atoms with E-state index in [2.05, 4.69) is 5.32 Å². The lowest BCUT2D eigenvalue weighted by Gasteiger charge is -2.11. The number of alkyl halides is 3. The van der Waals surface area contributed by atoms with Crippen LogP contribution in [0.3, 0.4) is 0 Å². The largest absolute Gasteiger partial charge is 0.475 e. The molecule has 21 heavy (non-hydrogen) atoms. The summed E-state index contributed by atoms with van der Waals surface area (Å²) in [5, 5.41) is 11.5. The molecule has 112 valence electrons. The number of furan rings is 1. The Bertz CT molecular complexity index is 667. The van der Waals surface area contributed by atoms with Gasteiger partial charge in [0.15, 0.2) is 0 Å². The van der Waals surface area contributed by atoms with E-state index in [1.807, 2.05) is 0 Å². The smallest absolute Gasteiger partial charge is 0.416 e. The Morgan fingerprint density at radius 3 is 2.67 bits per heavy atom. The summed E-state index contributed by atoms with van der Waals surface area (Å²) in [6.07, 6.45) is -3.32. The molecule has 8 heteroatoms. The lowest BCUT2D eigenvalue weighted by molar-refractivity contribution is -0.137. The number of aromatic carboxylic acids is 1. The minimum Gasteiger partial charge on any atom is -0.475 e. The highest BCUT2D eigenvalue weighted by Crippen LogP contribution is 2.33. The second-order valence-electron chi connectivity index (χ2n) is 4.16. The van der Waals surface area contributed by atoms with Crippen LogP contribution < -0.4 is 5.32 Å². The maximum atomic E-state index is 12.7. The molecule has 0 saturated carbocycles. The van der Waals surface area contributed by atoms with E-state index < -0.39 is 17.7 Å². The average molecular weight is 320 g/mol. The van der Waals surface area contributed by atoms with Crippen LogP contribution in [0.2, 0.25) is 5.02 Å². The van der Waals surface area contributed by atoms with Crippen molar-refractivity contribution < 1.29 is 27.5 Å². The number of carbonyl (C=O) groups is 1. The zero-order chi connectivity index (χ0) is 15.6. The molecule has 0 saturated heterocycles. The maximum Gasteiger partial charge on any atom is 0.416 e. The van der Waals surface area contributed by atoms with E-state index in [0.29, 0.717) is 5.56 Å². The first kappa shape index (κ1) is 15.2. The van der Waals surface area contributed by atoms with Crippen LogP contribution in [-0.4, -0.2) is 11.1 Å². The Labute approximate surface area is 122 Å². The van der Waals surface area contributed by atoms with Crippen LogP contribution in [0.4, 0.5) is 18.9 Å². The van der Waals surface area contributed by atoms with Gasteiger partial charge in [-0.2, -0.15) is 13.2 Å². The molecule has 0 atom stereocenters. The number of carboxylic acids is 1. The van der Waals surface area contributed by atoms with Gasteiger partial charge < -0.3 is 14.8 Å². The van der Waals surface area contributed by atoms with Crippen LogP contribution in [0.15, 0.2) is 34.9 Å². The molecule has 1 heterocycles. The summed E-state index contributed by atoms with van der Waals surface area (Å²) in [4.78, 5) is 10.8. The highest BCUT2D eigenvalue weighted by Gasteiger charge is 2.31. The predicted octanol–water partition coefficient (Wildman–Crippen LogP) is 4.26. The van der Waals surface area contributed by atoms with Crippen LogP contribution >= 0.6 is 11.6 Å². The number of nitrogens with one attached hydrogen (secondary N) is 1. The minimum atomic E-state index is -4.51. The molecule has 0 amide bonds. The number of carboxylic acid groups (broad SMARTS) is 1. The third kappa shape index (κ3) is 3.69. The lowest BCUT2D eigenvalue weighted by atomic mass is 10.2. The lowest BCUT2D eigenvalue weighted by Crippen LogP contribution is -2.08. The first-order valence-corrected chi connectivity index (χ1v) is 6.06. The Kier molecular flexibility index (Phi) is 4.13. The van der Waals surface area contributed by atoms with Gasteiger partial charge in [0.25, 0.3) is 0 Å². The van der Waals surface area contributed by atoms with Gasteiger partial charge in [-0.3, -0.25) is 0 Å². The summed E-state index contributed by atoms with van der Waals surface area (Å²) < 4.78 is 42.7. The van der Waals surface area contributed by atoms with E-state index in [1.165, 1.54) is 18.4 Å². The summed E-state index contributed by atoms with van der Waals surface area (Å²) in [5.74, 6) is -1.51. The fourth-order valence-corrected chi connectivity index (χ4v) is 1.95. The molecule has 1 aromatic carbocycles. The zero-order valence-corrected chi connectivity index (χ0v) is 11.1. The molecule has 2 aromatic rings. The highest BCUT2D eigenvalue weighted by atomic mass is 35.5. The van der Waals surface area contributed by atoms with Crippen molar-refractivity contribution in [2.75, 3.05) is 5.32 Å². The number of rotatable bonds is 4. The summed E-state index contributed by atoms with van der Waals surface area (Å²) in [7, 11) is 0. The van der Waals surface area contributed by atoms with Crippen molar-refractivity contribution in [2.24, 2.45) is 0 Å². The van der Waals surface area contributed by atoms with Gasteiger partial charge in [0, 0.05) is 22.8 Å². The van der Waals surface area contributed by atoms with Gasteiger partial charge in [-0.15, -0.1) is 0 Å². The van der Waals surface area contributed by atoms with Crippen LogP contribution in [-0.2, 0) is 12.7 Å². The molecule has 2 N–H and O–H groups in total. The number of anilines is 1. The van der Waals surface area contributed by atoms with Crippen molar-refractivity contribution in [1.82, 2.24) is 0 Å². The van der Waals surface area contributed by atoms with Crippen molar-refractivity contribution >= 4 is 23.3 Å². The van der Waals surface area contributed by atoms with E-state index in [0.717, 1.165) is 12.1 Å². The highest BCUT2D eigenvalue weighted by molar-refractivity contribution is 6.30. The van der Waals surface area contributed by atoms with Crippen LogP contribution in [0.5, 0.6) is 0 Å². The Morgan fingerprint density at radius 2 is 2.05 bits per heavy atom. The Morgan fingerprint density at radius 1 is 1.33 bits per heavy atom. The third-order valence-electron chi connectivity index (χ3n) is 2.65. The minimum absolute atomic E-state index is 0.00419. The molecule has 0 aliphatic heterocycles. The van der Waals surface area contributed by atoms with E-state index in [1.54, 1.807) is 0 Å². The van der Waals surface area contributed by atoms with Crippen molar-refractivity contribution in [3.05, 3.63) is 52.4 Å². The topological polar surface area (TPSA) is 62.5 Å². The van der Waals surface area contributed by atoms with Crippen molar-refractivity contribution in [1.29, 1.82) is 0 Å². The van der Waals surface area contributed by atoms with Gasteiger partial charge in [0.1, 0.15) is 0 Å². The van der Waals surface area contributed by atoms with Gasteiger partial charge in [-0.25, -0.2) is 4.79 Å². The molecule has 2 rings (SSSR count). The number of hydrogen-bond donors (Lipinski definition) is 2. The average Bonchev–Trinajstić information content (AvgIpc) is 2.83. The van der Waals surface area contributed by atoms with Crippen molar-refractivity contribution in [3.63, 3.8) is 0 Å². The number of benzene rings is 1. The molecule has 0 unspecified atom stereocenters. The van der Waals surface area contributed by atoms with E-state index >= 15 is 0 Å². The Balaban J connectivity index is 2.19. The molecule has 0 spiro atoms. The van der Waals surface area contributed by atoms with Crippen molar-refractivity contribution in [2.45, 2.75) is 12.7 Å². The SMILES string of the molecule is O=C(O)c1occc1CNc1cc(Cl)cc(C(F)(F)F)c1. The zero-order valence-electron chi connectivity index (χ0n) is 10.4. The van der Waals surface area contributed by atoms with Crippen LogP contribution in [0.25, 0.3) is 0 Å². The van der Waals surface area contributed by atoms with Gasteiger partial charge in [0.2, 0.25) is 5.76 Å². The number of hydrogen-bond acceptors (Lipinski definition) is 3. The van der Waals surface area contributed by atoms with E-state index in [9.17, 15) is 18.0 Å². The molecule has 0 radical (unpaired) electrons. The first-order valence-electron chi connectivity index (χ1n) is 5.68. The first-order chi connectivity index (χ1) is 9.77. The summed E-state index contributed by atoms with van der Waals surface area (Å²) in [6.45, 7) is -0.00419. The van der Waals surface area contributed by atoms with Gasteiger partial charge in [-0.05, 0) is 24.3 Å². The fraction of sp³-hybridized carbons (Fsp3) is 0.154. The number of halogens is 4. The quantitative estimate of drug-likeness (QED) is 0.883.